The zero-order valence-corrected chi connectivity index (χ0v) is 19.3. The van der Waals surface area contributed by atoms with E-state index in [-0.39, 0.29) is 19.6 Å². The molecule has 0 radical (unpaired) electrons. The third-order valence-corrected chi connectivity index (χ3v) is 5.30. The Morgan fingerprint density at radius 3 is 1.49 bits per heavy atom. The van der Waals surface area contributed by atoms with Crippen LogP contribution in [0.15, 0.2) is 30.3 Å². The molecular formula is C22H31N3O10. The highest BCUT2D eigenvalue weighted by molar-refractivity contribution is 5.73. The number of benzene rings is 1. The fraction of sp³-hybridized carbons (Fsp3) is 0.500. The molecule has 0 heterocycles. The van der Waals surface area contributed by atoms with E-state index in [1.807, 2.05) is 0 Å². The SMILES string of the molecule is CC(c1ccccc1)C(CN(CCN(CC(=O)O)CC(=O)O)CC(=O)O)N(CC(=O)O)CC(=O)O. The van der Waals surface area contributed by atoms with E-state index in [4.69, 9.17) is 10.2 Å². The summed E-state index contributed by atoms with van der Waals surface area (Å²) >= 11 is 0. The molecule has 0 fully saturated rings. The van der Waals surface area contributed by atoms with Gasteiger partial charge in [-0.3, -0.25) is 38.7 Å². The van der Waals surface area contributed by atoms with Crippen LogP contribution in [0.5, 0.6) is 0 Å². The summed E-state index contributed by atoms with van der Waals surface area (Å²) in [6.07, 6.45) is 0. The van der Waals surface area contributed by atoms with Crippen LogP contribution in [0.25, 0.3) is 0 Å². The normalized spacial score (nSPS) is 13.0. The average Bonchev–Trinajstić information content (AvgIpc) is 2.73. The summed E-state index contributed by atoms with van der Waals surface area (Å²) in [6, 6.07) is 8.17. The van der Waals surface area contributed by atoms with Gasteiger partial charge in [-0.05, 0) is 11.5 Å². The molecule has 0 aliphatic rings. The van der Waals surface area contributed by atoms with Crippen molar-refractivity contribution in [1.82, 2.24) is 14.7 Å². The van der Waals surface area contributed by atoms with Gasteiger partial charge in [0.15, 0.2) is 0 Å². The van der Waals surface area contributed by atoms with E-state index in [1.54, 1.807) is 37.3 Å². The van der Waals surface area contributed by atoms with Crippen molar-refractivity contribution in [2.24, 2.45) is 0 Å². The number of carboxylic acid groups (broad SMARTS) is 5. The van der Waals surface area contributed by atoms with Gasteiger partial charge in [0, 0.05) is 25.7 Å². The quantitative estimate of drug-likeness (QED) is 0.174. The van der Waals surface area contributed by atoms with Gasteiger partial charge in [-0.1, -0.05) is 37.3 Å². The summed E-state index contributed by atoms with van der Waals surface area (Å²) in [6.45, 7) is -1.25. The first kappa shape index (κ1) is 29.5. The molecule has 194 valence electrons. The molecule has 0 amide bonds. The van der Waals surface area contributed by atoms with E-state index < -0.39 is 74.5 Å². The zero-order valence-electron chi connectivity index (χ0n) is 19.3. The van der Waals surface area contributed by atoms with Crippen LogP contribution in [0, 0.1) is 0 Å². The van der Waals surface area contributed by atoms with Crippen molar-refractivity contribution in [2.75, 3.05) is 52.4 Å². The Bertz CT molecular complexity index is 847. The lowest BCUT2D eigenvalue weighted by Crippen LogP contribution is -2.52. The van der Waals surface area contributed by atoms with Crippen LogP contribution in [0.4, 0.5) is 0 Å². The second kappa shape index (κ2) is 14.7. The van der Waals surface area contributed by atoms with Crippen molar-refractivity contribution in [3.8, 4) is 0 Å². The Hall–Kier alpha value is -3.55. The molecule has 1 aromatic carbocycles. The minimum Gasteiger partial charge on any atom is -0.480 e. The van der Waals surface area contributed by atoms with Gasteiger partial charge in [0.2, 0.25) is 0 Å². The molecular weight excluding hydrogens is 466 g/mol. The molecule has 0 bridgehead atoms. The van der Waals surface area contributed by atoms with E-state index in [2.05, 4.69) is 0 Å². The Morgan fingerprint density at radius 1 is 0.657 bits per heavy atom. The van der Waals surface area contributed by atoms with Crippen LogP contribution in [-0.2, 0) is 24.0 Å². The summed E-state index contributed by atoms with van der Waals surface area (Å²) in [5.74, 6) is -6.62. The van der Waals surface area contributed by atoms with Crippen molar-refractivity contribution in [3.63, 3.8) is 0 Å². The van der Waals surface area contributed by atoms with Gasteiger partial charge < -0.3 is 25.5 Å². The molecule has 13 nitrogen and oxygen atoms in total. The third-order valence-electron chi connectivity index (χ3n) is 5.30. The summed E-state index contributed by atoms with van der Waals surface area (Å²) in [7, 11) is 0. The molecule has 5 N–H and O–H groups in total. The molecule has 2 atom stereocenters. The second-order valence-corrected chi connectivity index (χ2v) is 8.09. The van der Waals surface area contributed by atoms with E-state index in [0.717, 1.165) is 10.5 Å². The fourth-order valence-corrected chi connectivity index (χ4v) is 3.78. The van der Waals surface area contributed by atoms with Gasteiger partial charge in [0.1, 0.15) is 0 Å². The molecule has 1 aromatic rings. The third kappa shape index (κ3) is 11.9. The largest absolute Gasteiger partial charge is 0.480 e. The number of rotatable bonds is 18. The van der Waals surface area contributed by atoms with Crippen molar-refractivity contribution >= 4 is 29.8 Å². The predicted octanol–water partition coefficient (Wildman–Crippen LogP) is -0.512. The molecule has 13 heteroatoms. The molecule has 0 aromatic heterocycles. The van der Waals surface area contributed by atoms with Gasteiger partial charge >= 0.3 is 29.8 Å². The van der Waals surface area contributed by atoms with Crippen LogP contribution in [0.3, 0.4) is 0 Å². The first-order valence-electron chi connectivity index (χ1n) is 10.7. The molecule has 2 unspecified atom stereocenters. The Morgan fingerprint density at radius 2 is 1.06 bits per heavy atom. The highest BCUT2D eigenvalue weighted by Gasteiger charge is 2.31. The summed E-state index contributed by atoms with van der Waals surface area (Å²) in [4.78, 5) is 60.4. The van der Waals surface area contributed by atoms with Crippen molar-refractivity contribution in [1.29, 1.82) is 0 Å². The minimum atomic E-state index is -1.25. The lowest BCUT2D eigenvalue weighted by molar-refractivity contribution is -0.144. The van der Waals surface area contributed by atoms with Crippen LogP contribution in [0.1, 0.15) is 18.4 Å². The average molecular weight is 498 g/mol. The summed E-state index contributed by atoms with van der Waals surface area (Å²) < 4.78 is 0. The lowest BCUT2D eigenvalue weighted by Gasteiger charge is -2.37. The first-order chi connectivity index (χ1) is 16.4. The van der Waals surface area contributed by atoms with E-state index in [1.165, 1.54) is 9.80 Å². The van der Waals surface area contributed by atoms with E-state index in [9.17, 15) is 39.3 Å². The maximum atomic E-state index is 11.5. The molecule has 0 aliphatic heterocycles. The van der Waals surface area contributed by atoms with Crippen LogP contribution in [-0.4, -0.2) is 128 Å². The Kier molecular flexibility index (Phi) is 12.3. The van der Waals surface area contributed by atoms with Gasteiger partial charge in [0.25, 0.3) is 0 Å². The standard InChI is InChI=1S/C22H31N3O10/c1-15(16-5-3-2-4-6-16)17(25(13-21(32)33)14-22(34)35)9-23(10-18(26)27)7-8-24(11-19(28)29)12-20(30)31/h2-6,15,17H,7-14H2,1H3,(H,26,27)(H,28,29)(H,30,31)(H,32,33)(H,34,35). The second-order valence-electron chi connectivity index (χ2n) is 8.09. The van der Waals surface area contributed by atoms with Crippen molar-refractivity contribution in [2.45, 2.75) is 18.9 Å². The Labute approximate surface area is 201 Å². The number of hydrogen-bond acceptors (Lipinski definition) is 8. The minimum absolute atomic E-state index is 0.0428. The van der Waals surface area contributed by atoms with Gasteiger partial charge in [-0.25, -0.2) is 0 Å². The molecule has 35 heavy (non-hydrogen) atoms. The topological polar surface area (TPSA) is 196 Å². The number of nitrogens with zero attached hydrogens (tertiary/aromatic N) is 3. The van der Waals surface area contributed by atoms with Gasteiger partial charge in [-0.15, -0.1) is 0 Å². The zero-order chi connectivity index (χ0) is 26.5. The van der Waals surface area contributed by atoms with Crippen LogP contribution in [0.2, 0.25) is 0 Å². The highest BCUT2D eigenvalue weighted by Crippen LogP contribution is 2.24. The van der Waals surface area contributed by atoms with Crippen molar-refractivity contribution in [3.05, 3.63) is 35.9 Å². The lowest BCUT2D eigenvalue weighted by atomic mass is 9.91. The summed E-state index contributed by atoms with van der Waals surface area (Å²) in [5, 5.41) is 46.2. The molecule has 0 saturated heterocycles. The molecule has 1 rings (SSSR count). The monoisotopic (exact) mass is 497 g/mol. The molecule has 0 aliphatic carbocycles. The first-order valence-corrected chi connectivity index (χ1v) is 10.7. The number of aliphatic carboxylic acids is 5. The molecule has 0 saturated carbocycles. The van der Waals surface area contributed by atoms with E-state index >= 15 is 0 Å². The fourth-order valence-electron chi connectivity index (χ4n) is 3.78. The highest BCUT2D eigenvalue weighted by atomic mass is 16.4. The number of hydrogen-bond donors (Lipinski definition) is 5. The van der Waals surface area contributed by atoms with Gasteiger partial charge in [-0.2, -0.15) is 0 Å². The predicted molar refractivity (Wildman–Crippen MR) is 121 cm³/mol. The summed E-state index contributed by atoms with van der Waals surface area (Å²) in [5.41, 5.74) is 0.784. The maximum absolute atomic E-state index is 11.5. The van der Waals surface area contributed by atoms with Gasteiger partial charge in [0.05, 0.1) is 32.7 Å². The number of carbonyl (C=O) groups is 5. The van der Waals surface area contributed by atoms with Crippen LogP contribution < -0.4 is 0 Å². The van der Waals surface area contributed by atoms with Crippen LogP contribution >= 0.6 is 0 Å². The Balaban J connectivity index is 3.25. The van der Waals surface area contributed by atoms with Crippen molar-refractivity contribution < 1.29 is 49.5 Å². The van der Waals surface area contributed by atoms with E-state index in [0.29, 0.717) is 0 Å². The molecule has 0 spiro atoms. The number of carboxylic acids is 5. The smallest absolute Gasteiger partial charge is 0.317 e. The maximum Gasteiger partial charge on any atom is 0.317 e.